The number of aryl methyl sites for hydroxylation is 1. The first kappa shape index (κ1) is 47.7. The van der Waals surface area contributed by atoms with Gasteiger partial charge >= 0.3 is 11.9 Å². The molecule has 0 saturated carbocycles. The number of tetrazole rings is 1. The quantitative estimate of drug-likeness (QED) is 0.0323. The van der Waals surface area contributed by atoms with Crippen molar-refractivity contribution in [1.29, 1.82) is 0 Å². The number of unbranched alkanes of at least 4 members (excludes halogenated alkanes) is 3. The van der Waals surface area contributed by atoms with Crippen LogP contribution in [0.5, 0.6) is 0 Å². The van der Waals surface area contributed by atoms with Gasteiger partial charge in [-0.25, -0.2) is 9.78 Å². The van der Waals surface area contributed by atoms with E-state index in [-0.39, 0.29) is 82.2 Å². The molecule has 0 fully saturated rings. The predicted octanol–water partition coefficient (Wildman–Crippen LogP) is 4.68. The van der Waals surface area contributed by atoms with Crippen LogP contribution >= 0.6 is 11.6 Å². The fourth-order valence-electron chi connectivity index (χ4n) is 6.08. The molecule has 2 unspecified atom stereocenters. The summed E-state index contributed by atoms with van der Waals surface area (Å²) in [5, 5.41) is 45.4. The van der Waals surface area contributed by atoms with Crippen molar-refractivity contribution < 1.29 is 53.6 Å². The van der Waals surface area contributed by atoms with E-state index in [4.69, 9.17) is 21.1 Å². The zero-order chi connectivity index (χ0) is 44.9. The smallest absolute Gasteiger partial charge is 0.328 e. The van der Waals surface area contributed by atoms with Crippen molar-refractivity contribution in [2.75, 3.05) is 26.4 Å². The number of carbonyl (C=O) groups excluding carboxylic acids is 3. The van der Waals surface area contributed by atoms with Crippen molar-refractivity contribution in [2.45, 2.75) is 89.8 Å². The van der Waals surface area contributed by atoms with E-state index in [2.05, 4.69) is 45.4 Å². The Hall–Kier alpha value is -6.98. The summed E-state index contributed by atoms with van der Waals surface area (Å²) in [5.41, 5.74) is 3.28. The van der Waals surface area contributed by atoms with Crippen LogP contribution in [0.3, 0.4) is 0 Å². The Labute approximate surface area is 357 Å². The minimum Gasteiger partial charge on any atom is -0.466 e. The zero-order valence-electron chi connectivity index (χ0n) is 33.6. The molecule has 2 aromatic carbocycles. The molecule has 62 heavy (non-hydrogen) atoms. The van der Waals surface area contributed by atoms with E-state index >= 15 is 0 Å². The summed E-state index contributed by atoms with van der Waals surface area (Å²) in [4.78, 5) is 89.2. The Kier molecular flexibility index (Phi) is 19.2. The number of ether oxygens (including phenoxy) is 2. The topological polar surface area (TPSA) is 311 Å². The van der Waals surface area contributed by atoms with Crippen LogP contribution in [0.1, 0.15) is 86.6 Å². The Balaban J connectivity index is 1.49. The number of aromatic nitrogens is 6. The lowest BCUT2D eigenvalue weighted by Crippen LogP contribution is -2.43. The zero-order valence-corrected chi connectivity index (χ0v) is 34.3. The monoisotopic (exact) mass is 888 g/mol. The van der Waals surface area contributed by atoms with Gasteiger partial charge in [-0.2, -0.15) is 5.21 Å². The predicted molar refractivity (Wildman–Crippen MR) is 213 cm³/mol. The molecular formula is C37H45ClN10O14. The van der Waals surface area contributed by atoms with Gasteiger partial charge in [0.05, 0.1) is 19.8 Å². The van der Waals surface area contributed by atoms with Gasteiger partial charge in [-0.15, -0.1) is 40.5 Å². The number of rotatable bonds is 29. The molecule has 24 nitrogen and oxygen atoms in total. The summed E-state index contributed by atoms with van der Waals surface area (Å²) in [6.07, 6.45) is 0.993. The third-order valence-electron chi connectivity index (χ3n) is 9.08. The first-order valence-corrected chi connectivity index (χ1v) is 19.9. The molecular weight excluding hydrogens is 844 g/mol. The fourth-order valence-corrected chi connectivity index (χ4v) is 6.36. The molecule has 0 aliphatic rings. The largest absolute Gasteiger partial charge is 0.466 e. The van der Waals surface area contributed by atoms with E-state index in [1.807, 2.05) is 55.5 Å². The number of hydrogen-bond acceptors (Lipinski definition) is 18. The lowest BCUT2D eigenvalue weighted by atomic mass is 9.98. The molecule has 0 spiro atoms. The van der Waals surface area contributed by atoms with Gasteiger partial charge in [0.15, 0.2) is 5.15 Å². The highest BCUT2D eigenvalue weighted by atomic mass is 35.5. The second kappa shape index (κ2) is 24.9. The number of aromatic amines is 1. The van der Waals surface area contributed by atoms with Gasteiger partial charge in [0, 0.05) is 24.9 Å². The summed E-state index contributed by atoms with van der Waals surface area (Å²) in [6.45, 7) is 1.02. The molecule has 4 rings (SSSR count). The maximum absolute atomic E-state index is 14.1. The molecule has 0 aliphatic carbocycles. The molecule has 2 atom stereocenters. The maximum Gasteiger partial charge on any atom is 0.328 e. The van der Waals surface area contributed by atoms with Gasteiger partial charge in [0.25, 0.3) is 21.2 Å². The van der Waals surface area contributed by atoms with Crippen molar-refractivity contribution in [1.82, 2.24) is 35.5 Å². The number of H-pyrrole nitrogens is 1. The van der Waals surface area contributed by atoms with Crippen LogP contribution in [0.4, 0.5) is 0 Å². The highest BCUT2D eigenvalue weighted by Crippen LogP contribution is 2.30. The number of nitrogens with one attached hydrogen (secondary N) is 2. The normalized spacial score (nSPS) is 11.8. The fraction of sp³-hybridized carbons (Fsp3) is 0.486. The van der Waals surface area contributed by atoms with Crippen LogP contribution < -0.4 is 5.32 Å². The molecule has 2 heterocycles. The molecule has 0 bridgehead atoms. The van der Waals surface area contributed by atoms with E-state index in [1.165, 1.54) is 0 Å². The first-order valence-electron chi connectivity index (χ1n) is 19.5. The van der Waals surface area contributed by atoms with Gasteiger partial charge in [-0.1, -0.05) is 73.5 Å². The van der Waals surface area contributed by atoms with Crippen LogP contribution in [0.15, 0.2) is 48.5 Å². The van der Waals surface area contributed by atoms with Gasteiger partial charge < -0.3 is 33.9 Å². The van der Waals surface area contributed by atoms with Crippen molar-refractivity contribution in [2.24, 2.45) is 0 Å². The van der Waals surface area contributed by atoms with Gasteiger partial charge in [-0.3, -0.25) is 9.59 Å². The molecule has 1 amide bonds. The SMILES string of the molecule is CCCCc1nc(Cl)c(C(=O)NC(CCC(=O)OCCCCO[N+](=O)[O-])C(=O)OCCCCC(CO[N+](=O)[O-])O[N+](=O)[O-])n1Cc1ccc(-c2ccccc2-c2nn[nH]n2)cc1. The highest BCUT2D eigenvalue weighted by Gasteiger charge is 2.29. The Morgan fingerprint density at radius 1 is 0.855 bits per heavy atom. The number of esters is 2. The summed E-state index contributed by atoms with van der Waals surface area (Å²) in [7, 11) is 0. The first-order chi connectivity index (χ1) is 29.9. The van der Waals surface area contributed by atoms with Crippen LogP contribution in [-0.4, -0.2) is 102 Å². The molecule has 0 saturated heterocycles. The molecule has 2 N–H and O–H groups in total. The Bertz CT molecular complexity index is 2100. The van der Waals surface area contributed by atoms with E-state index < -0.39 is 51.9 Å². The van der Waals surface area contributed by atoms with Gasteiger partial charge in [0.1, 0.15) is 30.3 Å². The van der Waals surface area contributed by atoms with Crippen molar-refractivity contribution in [3.63, 3.8) is 0 Å². The molecule has 25 heteroatoms. The number of nitrogens with zero attached hydrogens (tertiary/aromatic N) is 8. The number of carbonyl (C=O) groups is 3. The molecule has 0 radical (unpaired) electrons. The van der Waals surface area contributed by atoms with Crippen molar-refractivity contribution >= 4 is 29.4 Å². The average Bonchev–Trinajstić information content (AvgIpc) is 3.89. The lowest BCUT2D eigenvalue weighted by molar-refractivity contribution is -0.790. The minimum atomic E-state index is -1.39. The van der Waals surface area contributed by atoms with E-state index in [1.54, 1.807) is 4.57 Å². The highest BCUT2D eigenvalue weighted by molar-refractivity contribution is 6.32. The Morgan fingerprint density at radius 3 is 2.23 bits per heavy atom. The molecule has 0 aliphatic heterocycles. The molecule has 2 aromatic heterocycles. The van der Waals surface area contributed by atoms with Crippen molar-refractivity contribution in [3.8, 4) is 22.5 Å². The lowest BCUT2D eigenvalue weighted by Gasteiger charge is -2.19. The summed E-state index contributed by atoms with van der Waals surface area (Å²) in [6, 6.07) is 13.8. The number of benzene rings is 2. The minimum absolute atomic E-state index is 0.0320. The van der Waals surface area contributed by atoms with E-state index in [0.29, 0.717) is 18.1 Å². The van der Waals surface area contributed by atoms with Crippen LogP contribution in [-0.2, 0) is 46.5 Å². The summed E-state index contributed by atoms with van der Waals surface area (Å²) < 4.78 is 12.3. The second-order valence-corrected chi connectivity index (χ2v) is 13.9. The van der Waals surface area contributed by atoms with Crippen LogP contribution in [0, 0.1) is 30.3 Å². The molecule has 4 aromatic rings. The standard InChI is InChI=1S/C37H45ClN10O14/c1-2-3-13-31-40-34(38)33(45(31)23-25-14-16-26(17-15-25)28-11-4-5-12-29(28)35-41-43-44-42-35)36(50)39-30(18-19-32(49)58-20-8-9-22-60-46(52)53)37(51)59-21-7-6-10-27(62-48(56)57)24-61-47(54)55/h4-5,11-12,14-17,27,30H,2-3,6-10,13,18-24H2,1H3,(H,39,50)(H,41,42,43,44). The summed E-state index contributed by atoms with van der Waals surface area (Å²) in [5.74, 6) is -1.44. The third kappa shape index (κ3) is 15.6. The van der Waals surface area contributed by atoms with E-state index in [9.17, 15) is 44.7 Å². The maximum atomic E-state index is 14.1. The number of halogens is 1. The van der Waals surface area contributed by atoms with Crippen LogP contribution in [0.2, 0.25) is 5.15 Å². The number of imidazole rings is 1. The third-order valence-corrected chi connectivity index (χ3v) is 9.35. The van der Waals surface area contributed by atoms with Crippen molar-refractivity contribution in [3.05, 3.63) is 101 Å². The Morgan fingerprint density at radius 2 is 1.55 bits per heavy atom. The second-order valence-electron chi connectivity index (χ2n) is 13.5. The molecule has 334 valence electrons. The van der Waals surface area contributed by atoms with Crippen LogP contribution in [0.25, 0.3) is 22.5 Å². The van der Waals surface area contributed by atoms with Gasteiger partial charge in [-0.05, 0) is 66.8 Å². The summed E-state index contributed by atoms with van der Waals surface area (Å²) >= 11 is 6.63. The van der Waals surface area contributed by atoms with E-state index in [0.717, 1.165) is 35.1 Å². The number of amides is 1. The van der Waals surface area contributed by atoms with Gasteiger partial charge in [0.2, 0.25) is 5.82 Å². The number of hydrogen-bond donors (Lipinski definition) is 2. The average molecular weight is 889 g/mol.